The third-order valence-electron chi connectivity index (χ3n) is 3.94. The van der Waals surface area contributed by atoms with Crippen molar-refractivity contribution in [2.24, 2.45) is 0 Å². The van der Waals surface area contributed by atoms with Crippen LogP contribution in [0.25, 0.3) is 0 Å². The quantitative estimate of drug-likeness (QED) is 0.798. The second kappa shape index (κ2) is 5.01. The van der Waals surface area contributed by atoms with Crippen LogP contribution >= 0.6 is 0 Å². The van der Waals surface area contributed by atoms with E-state index < -0.39 is 0 Å². The highest BCUT2D eigenvalue weighted by atomic mass is 16.2. The number of hydrogen-bond donors (Lipinski definition) is 0. The van der Waals surface area contributed by atoms with Crippen molar-refractivity contribution in [1.82, 2.24) is 0 Å². The predicted molar refractivity (Wildman–Crippen MR) is 74.1 cm³/mol. The fraction of sp³-hybridized carbons (Fsp3) is 0.533. The Bertz CT molecular complexity index is 438. The van der Waals surface area contributed by atoms with Gasteiger partial charge in [0, 0.05) is 37.4 Å². The molecule has 2 heterocycles. The Morgan fingerprint density at radius 2 is 1.61 bits per heavy atom. The van der Waals surface area contributed by atoms with Crippen LogP contribution in [0.1, 0.15) is 32.1 Å². The molecule has 1 aromatic rings. The van der Waals surface area contributed by atoms with Crippen molar-refractivity contribution in [3.05, 3.63) is 24.3 Å². The van der Waals surface area contributed by atoms with Crippen molar-refractivity contribution in [2.45, 2.75) is 32.1 Å². The van der Waals surface area contributed by atoms with E-state index in [1.165, 1.54) is 18.5 Å². The Morgan fingerprint density at radius 3 is 2.39 bits per heavy atom. The first-order chi connectivity index (χ1) is 8.84. The molecule has 0 atom stereocenters. The second-order valence-corrected chi connectivity index (χ2v) is 5.22. The van der Waals surface area contributed by atoms with Crippen LogP contribution in [0.4, 0.5) is 11.4 Å². The molecule has 0 N–H and O–H groups in total. The van der Waals surface area contributed by atoms with Gasteiger partial charge in [0.1, 0.15) is 0 Å². The van der Waals surface area contributed by atoms with Gasteiger partial charge >= 0.3 is 0 Å². The number of hydrogen-bond acceptors (Lipinski definition) is 2. The van der Waals surface area contributed by atoms with Gasteiger partial charge < -0.3 is 9.80 Å². The summed E-state index contributed by atoms with van der Waals surface area (Å²) < 4.78 is 0. The van der Waals surface area contributed by atoms with Crippen molar-refractivity contribution in [3.63, 3.8) is 0 Å². The van der Waals surface area contributed by atoms with E-state index in [0.717, 1.165) is 38.2 Å². The highest BCUT2D eigenvalue weighted by Crippen LogP contribution is 2.27. The largest absolute Gasteiger partial charge is 0.371 e. The maximum Gasteiger partial charge on any atom is 0.226 e. The third-order valence-corrected chi connectivity index (χ3v) is 3.94. The maximum atomic E-state index is 11.9. The lowest BCUT2D eigenvalue weighted by Crippen LogP contribution is -2.35. The minimum atomic E-state index is 0.278. The lowest BCUT2D eigenvalue weighted by molar-refractivity contribution is -0.119. The van der Waals surface area contributed by atoms with Gasteiger partial charge in [-0.25, -0.2) is 0 Å². The summed E-state index contributed by atoms with van der Waals surface area (Å²) in [4.78, 5) is 16.3. The third kappa shape index (κ3) is 2.22. The van der Waals surface area contributed by atoms with Gasteiger partial charge in [-0.15, -0.1) is 0 Å². The molecule has 0 spiro atoms. The van der Waals surface area contributed by atoms with Crippen LogP contribution in [-0.4, -0.2) is 25.5 Å². The number of benzene rings is 1. The molecule has 3 nitrogen and oxygen atoms in total. The number of carbonyl (C=O) groups excluding carboxylic acids is 1. The summed E-state index contributed by atoms with van der Waals surface area (Å²) in [6, 6.07) is 8.46. The molecule has 2 fully saturated rings. The Hall–Kier alpha value is -1.51. The van der Waals surface area contributed by atoms with E-state index in [9.17, 15) is 4.79 Å². The molecule has 96 valence electrons. The molecule has 1 amide bonds. The summed E-state index contributed by atoms with van der Waals surface area (Å²) in [6.45, 7) is 3.18. The maximum absolute atomic E-state index is 11.9. The van der Waals surface area contributed by atoms with Gasteiger partial charge in [0.2, 0.25) is 5.91 Å². The smallest absolute Gasteiger partial charge is 0.226 e. The van der Waals surface area contributed by atoms with E-state index in [1.807, 2.05) is 4.90 Å². The Morgan fingerprint density at radius 1 is 0.889 bits per heavy atom. The summed E-state index contributed by atoms with van der Waals surface area (Å²) in [5.41, 5.74) is 2.34. The van der Waals surface area contributed by atoms with Gasteiger partial charge in [0.25, 0.3) is 0 Å². The van der Waals surface area contributed by atoms with Gasteiger partial charge in [-0.05, 0) is 43.9 Å². The number of nitrogens with zero attached hydrogens (tertiary/aromatic N) is 2. The molecule has 0 aliphatic carbocycles. The number of amides is 1. The number of anilines is 2. The molecule has 2 saturated heterocycles. The van der Waals surface area contributed by atoms with Crippen molar-refractivity contribution >= 4 is 17.3 Å². The van der Waals surface area contributed by atoms with Gasteiger partial charge in [0.15, 0.2) is 0 Å². The van der Waals surface area contributed by atoms with Gasteiger partial charge in [0.05, 0.1) is 0 Å². The summed E-state index contributed by atoms with van der Waals surface area (Å²) in [5, 5.41) is 0. The number of rotatable bonds is 2. The average Bonchev–Trinajstić information content (AvgIpc) is 2.93. The van der Waals surface area contributed by atoms with Crippen molar-refractivity contribution < 1.29 is 4.79 Å². The minimum Gasteiger partial charge on any atom is -0.371 e. The molecular formula is C15H20N2O. The van der Waals surface area contributed by atoms with Gasteiger partial charge in [-0.3, -0.25) is 4.79 Å². The van der Waals surface area contributed by atoms with E-state index in [4.69, 9.17) is 0 Å². The SMILES string of the molecule is O=C1CCCCN1c1cccc(N2CCCC2)c1. The summed E-state index contributed by atoms with van der Waals surface area (Å²) in [6.07, 6.45) is 5.44. The van der Waals surface area contributed by atoms with Gasteiger partial charge in [-0.2, -0.15) is 0 Å². The van der Waals surface area contributed by atoms with Gasteiger partial charge in [-0.1, -0.05) is 6.07 Å². The molecule has 0 unspecified atom stereocenters. The van der Waals surface area contributed by atoms with Crippen molar-refractivity contribution in [1.29, 1.82) is 0 Å². The topological polar surface area (TPSA) is 23.6 Å². The first-order valence-corrected chi connectivity index (χ1v) is 7.00. The molecule has 3 heteroatoms. The Kier molecular flexibility index (Phi) is 3.22. The molecule has 1 aromatic carbocycles. The predicted octanol–water partition coefficient (Wildman–Crippen LogP) is 2.80. The zero-order valence-corrected chi connectivity index (χ0v) is 10.8. The first-order valence-electron chi connectivity index (χ1n) is 7.00. The van der Waals surface area contributed by atoms with E-state index in [-0.39, 0.29) is 5.91 Å². The number of carbonyl (C=O) groups is 1. The van der Waals surface area contributed by atoms with Crippen LogP contribution in [0.5, 0.6) is 0 Å². The zero-order valence-electron chi connectivity index (χ0n) is 10.8. The fourth-order valence-corrected chi connectivity index (χ4v) is 2.91. The minimum absolute atomic E-state index is 0.278. The van der Waals surface area contributed by atoms with E-state index >= 15 is 0 Å². The Labute approximate surface area is 108 Å². The van der Waals surface area contributed by atoms with Crippen LogP contribution in [0.3, 0.4) is 0 Å². The zero-order chi connectivity index (χ0) is 12.4. The molecular weight excluding hydrogens is 224 g/mol. The van der Waals surface area contributed by atoms with Crippen LogP contribution < -0.4 is 9.80 Å². The van der Waals surface area contributed by atoms with Crippen LogP contribution in [0.2, 0.25) is 0 Å². The van der Waals surface area contributed by atoms with E-state index in [1.54, 1.807) is 0 Å². The molecule has 18 heavy (non-hydrogen) atoms. The highest BCUT2D eigenvalue weighted by molar-refractivity contribution is 5.94. The van der Waals surface area contributed by atoms with Crippen LogP contribution in [-0.2, 0) is 4.79 Å². The molecule has 2 aliphatic heterocycles. The average molecular weight is 244 g/mol. The second-order valence-electron chi connectivity index (χ2n) is 5.22. The highest BCUT2D eigenvalue weighted by Gasteiger charge is 2.20. The van der Waals surface area contributed by atoms with Crippen molar-refractivity contribution in [2.75, 3.05) is 29.4 Å². The molecule has 0 aromatic heterocycles. The summed E-state index contributed by atoms with van der Waals surface area (Å²) >= 11 is 0. The van der Waals surface area contributed by atoms with E-state index in [2.05, 4.69) is 29.2 Å². The molecule has 0 radical (unpaired) electrons. The monoisotopic (exact) mass is 244 g/mol. The molecule has 3 rings (SSSR count). The summed E-state index contributed by atoms with van der Waals surface area (Å²) in [7, 11) is 0. The molecule has 0 bridgehead atoms. The lowest BCUT2D eigenvalue weighted by atomic mass is 10.1. The lowest BCUT2D eigenvalue weighted by Gasteiger charge is -2.28. The standard InChI is InChI=1S/C15H20N2O/c18-15-8-1-2-11-17(15)14-7-5-6-13(12-14)16-9-3-4-10-16/h5-7,12H,1-4,8-11H2. The van der Waals surface area contributed by atoms with Crippen LogP contribution in [0, 0.1) is 0 Å². The molecule has 0 saturated carbocycles. The van der Waals surface area contributed by atoms with E-state index in [0.29, 0.717) is 6.42 Å². The first kappa shape index (κ1) is 11.6. The normalized spacial score (nSPS) is 20.6. The van der Waals surface area contributed by atoms with Crippen molar-refractivity contribution in [3.8, 4) is 0 Å². The Balaban J connectivity index is 1.83. The van der Waals surface area contributed by atoms with Crippen LogP contribution in [0.15, 0.2) is 24.3 Å². The fourth-order valence-electron chi connectivity index (χ4n) is 2.91. The number of piperidine rings is 1. The summed E-state index contributed by atoms with van der Waals surface area (Å²) in [5.74, 6) is 0.278. The molecule has 2 aliphatic rings.